The van der Waals surface area contributed by atoms with Crippen molar-refractivity contribution in [1.29, 1.82) is 0 Å². The summed E-state index contributed by atoms with van der Waals surface area (Å²) in [5.74, 6) is 2.40. The number of likely N-dealkylation sites (N-methyl/N-ethyl adjacent to an activating group) is 1. The van der Waals surface area contributed by atoms with Gasteiger partial charge in [-0.05, 0) is 49.9 Å². The van der Waals surface area contributed by atoms with Crippen molar-refractivity contribution in [3.05, 3.63) is 77.3 Å². The molecule has 3 nitrogen and oxygen atoms in total. The highest BCUT2D eigenvalue weighted by Gasteiger charge is 2.48. The number of halogens is 1. The van der Waals surface area contributed by atoms with Gasteiger partial charge in [-0.25, -0.2) is 4.98 Å². The van der Waals surface area contributed by atoms with E-state index >= 15 is 0 Å². The largest absolute Gasteiger partial charge is 0.440 e. The van der Waals surface area contributed by atoms with Gasteiger partial charge in [-0.3, -0.25) is 4.90 Å². The van der Waals surface area contributed by atoms with Crippen LogP contribution in [0.2, 0.25) is 5.02 Å². The Morgan fingerprint density at radius 2 is 1.81 bits per heavy atom. The molecule has 2 fully saturated rings. The summed E-state index contributed by atoms with van der Waals surface area (Å²) in [6.45, 7) is 0. The Balaban J connectivity index is 1.54. The van der Waals surface area contributed by atoms with E-state index in [-0.39, 0.29) is 5.92 Å². The van der Waals surface area contributed by atoms with Gasteiger partial charge in [0.25, 0.3) is 0 Å². The van der Waals surface area contributed by atoms with E-state index in [2.05, 4.69) is 36.2 Å². The summed E-state index contributed by atoms with van der Waals surface area (Å²) in [6.07, 6.45) is 5.49. The quantitative estimate of drug-likeness (QED) is 0.582. The van der Waals surface area contributed by atoms with Crippen LogP contribution in [0.4, 0.5) is 0 Å². The van der Waals surface area contributed by atoms with Crippen LogP contribution >= 0.6 is 11.6 Å². The van der Waals surface area contributed by atoms with Crippen molar-refractivity contribution in [2.45, 2.75) is 43.2 Å². The zero-order valence-corrected chi connectivity index (χ0v) is 16.1. The van der Waals surface area contributed by atoms with Gasteiger partial charge in [0.15, 0.2) is 11.7 Å². The first-order chi connectivity index (χ1) is 13.2. The molecule has 5 rings (SSSR count). The van der Waals surface area contributed by atoms with Gasteiger partial charge in [0.2, 0.25) is 0 Å². The van der Waals surface area contributed by atoms with Crippen LogP contribution in [0.15, 0.2) is 65.2 Å². The maximum atomic E-state index is 6.32. The number of nitrogens with zero attached hydrogens (tertiary/aromatic N) is 2. The molecule has 2 aromatic carbocycles. The summed E-state index contributed by atoms with van der Waals surface area (Å²) in [6, 6.07) is 19.7. The van der Waals surface area contributed by atoms with Crippen molar-refractivity contribution in [3.63, 3.8) is 0 Å². The molecule has 2 aliphatic heterocycles. The standard InChI is InChI=1S/C23H23ClN2O/c1-26-18-11-12-20(26)22(19(13-18)15-7-9-17(24)10-8-15)23-25-14-21(27-23)16-5-3-2-4-6-16/h2-10,14,18-20,22H,11-13H2,1H3/t18?,19-,20?,22?/m1/s1. The molecule has 2 bridgehead atoms. The van der Waals surface area contributed by atoms with Crippen LogP contribution in [-0.2, 0) is 0 Å². The average molecular weight is 379 g/mol. The van der Waals surface area contributed by atoms with E-state index in [0.29, 0.717) is 18.0 Å². The summed E-state index contributed by atoms with van der Waals surface area (Å²) in [7, 11) is 2.26. The van der Waals surface area contributed by atoms with E-state index in [1.165, 1.54) is 18.4 Å². The zero-order chi connectivity index (χ0) is 18.4. The third-order valence-corrected chi connectivity index (χ3v) is 6.69. The second kappa shape index (κ2) is 6.81. The van der Waals surface area contributed by atoms with Crippen LogP contribution in [-0.4, -0.2) is 29.0 Å². The lowest BCUT2D eigenvalue weighted by atomic mass is 9.76. The highest BCUT2D eigenvalue weighted by Crippen LogP contribution is 2.51. The Morgan fingerprint density at radius 1 is 1.04 bits per heavy atom. The second-order valence-corrected chi connectivity index (χ2v) is 8.25. The number of hydrogen-bond acceptors (Lipinski definition) is 3. The molecule has 3 unspecified atom stereocenters. The van der Waals surface area contributed by atoms with Crippen LogP contribution in [0.25, 0.3) is 11.3 Å². The normalized spacial score (nSPS) is 27.8. The predicted octanol–water partition coefficient (Wildman–Crippen LogP) is 5.73. The maximum absolute atomic E-state index is 6.32. The molecule has 0 radical (unpaired) electrons. The van der Waals surface area contributed by atoms with Gasteiger partial charge in [0.05, 0.1) is 12.1 Å². The van der Waals surface area contributed by atoms with Crippen LogP contribution in [0.1, 0.15) is 42.6 Å². The van der Waals surface area contributed by atoms with Crippen molar-refractivity contribution in [2.24, 2.45) is 0 Å². The van der Waals surface area contributed by atoms with Gasteiger partial charge in [0, 0.05) is 22.7 Å². The van der Waals surface area contributed by atoms with Gasteiger partial charge in [-0.15, -0.1) is 0 Å². The molecule has 0 amide bonds. The van der Waals surface area contributed by atoms with Crippen LogP contribution in [0.5, 0.6) is 0 Å². The first-order valence-electron chi connectivity index (χ1n) is 9.69. The Kier molecular flexibility index (Phi) is 4.30. The molecule has 1 aromatic heterocycles. The minimum Gasteiger partial charge on any atom is -0.440 e. The molecule has 0 spiro atoms. The van der Waals surface area contributed by atoms with Gasteiger partial charge < -0.3 is 4.42 Å². The van der Waals surface area contributed by atoms with E-state index in [1.54, 1.807) is 0 Å². The lowest BCUT2D eigenvalue weighted by molar-refractivity contribution is 0.124. The molecule has 3 heterocycles. The number of rotatable bonds is 3. The number of aromatic nitrogens is 1. The van der Waals surface area contributed by atoms with E-state index in [4.69, 9.17) is 21.0 Å². The number of oxazole rings is 1. The Labute approximate surface area is 165 Å². The van der Waals surface area contributed by atoms with Crippen LogP contribution in [0.3, 0.4) is 0 Å². The lowest BCUT2D eigenvalue weighted by Gasteiger charge is -2.41. The third-order valence-electron chi connectivity index (χ3n) is 6.43. The summed E-state index contributed by atoms with van der Waals surface area (Å²) < 4.78 is 6.32. The third kappa shape index (κ3) is 2.99. The fourth-order valence-electron chi connectivity index (χ4n) is 5.03. The van der Waals surface area contributed by atoms with E-state index in [0.717, 1.165) is 28.7 Å². The molecule has 2 saturated heterocycles. The van der Waals surface area contributed by atoms with Crippen LogP contribution < -0.4 is 0 Å². The first-order valence-corrected chi connectivity index (χ1v) is 10.1. The predicted molar refractivity (Wildman–Crippen MR) is 108 cm³/mol. The average Bonchev–Trinajstić information content (AvgIpc) is 3.26. The minimum absolute atomic E-state index is 0.271. The van der Waals surface area contributed by atoms with Crippen molar-refractivity contribution < 1.29 is 4.42 Å². The van der Waals surface area contributed by atoms with E-state index in [1.807, 2.05) is 36.5 Å². The summed E-state index contributed by atoms with van der Waals surface area (Å²) in [4.78, 5) is 7.29. The molecule has 2 aliphatic rings. The highest BCUT2D eigenvalue weighted by molar-refractivity contribution is 6.30. The van der Waals surface area contributed by atoms with Crippen molar-refractivity contribution in [2.75, 3.05) is 7.05 Å². The molecular formula is C23H23ClN2O. The molecule has 0 saturated carbocycles. The fraction of sp³-hybridized carbons (Fsp3) is 0.348. The van der Waals surface area contributed by atoms with E-state index in [9.17, 15) is 0 Å². The SMILES string of the molecule is CN1C2CCC1C(c1ncc(-c3ccccc3)o1)[C@@H](c1ccc(Cl)cc1)C2. The first kappa shape index (κ1) is 17.0. The number of benzene rings is 2. The maximum Gasteiger partial charge on any atom is 0.200 e. The Bertz CT molecular complexity index is 921. The van der Waals surface area contributed by atoms with Gasteiger partial charge in [-0.1, -0.05) is 54.1 Å². The molecule has 27 heavy (non-hydrogen) atoms. The molecule has 138 valence electrons. The fourth-order valence-corrected chi connectivity index (χ4v) is 5.16. The number of hydrogen-bond donors (Lipinski definition) is 0. The number of piperidine rings is 1. The monoisotopic (exact) mass is 378 g/mol. The summed E-state index contributed by atoms with van der Waals surface area (Å²) in [5, 5.41) is 0.786. The number of fused-ring (bicyclic) bond motifs is 2. The molecule has 4 heteroatoms. The molecular weight excluding hydrogens is 356 g/mol. The summed E-state index contributed by atoms with van der Waals surface area (Å²) >= 11 is 6.13. The second-order valence-electron chi connectivity index (χ2n) is 7.81. The molecule has 4 atom stereocenters. The zero-order valence-electron chi connectivity index (χ0n) is 15.4. The summed E-state index contributed by atoms with van der Waals surface area (Å²) in [5.41, 5.74) is 2.42. The van der Waals surface area contributed by atoms with Gasteiger partial charge >= 0.3 is 0 Å². The topological polar surface area (TPSA) is 29.3 Å². The van der Waals surface area contributed by atoms with E-state index < -0.39 is 0 Å². The van der Waals surface area contributed by atoms with Crippen LogP contribution in [0, 0.1) is 0 Å². The van der Waals surface area contributed by atoms with Gasteiger partial charge in [-0.2, -0.15) is 0 Å². The Hall–Kier alpha value is -2.10. The molecule has 3 aromatic rings. The minimum atomic E-state index is 0.271. The Morgan fingerprint density at radius 3 is 2.59 bits per heavy atom. The smallest absolute Gasteiger partial charge is 0.200 e. The van der Waals surface area contributed by atoms with Gasteiger partial charge in [0.1, 0.15) is 0 Å². The molecule has 0 N–H and O–H groups in total. The lowest BCUT2D eigenvalue weighted by Crippen LogP contribution is -2.44. The van der Waals surface area contributed by atoms with Crippen molar-refractivity contribution >= 4 is 11.6 Å². The van der Waals surface area contributed by atoms with Crippen molar-refractivity contribution in [3.8, 4) is 11.3 Å². The molecule has 0 aliphatic carbocycles. The highest BCUT2D eigenvalue weighted by atomic mass is 35.5. The van der Waals surface area contributed by atoms with Crippen molar-refractivity contribution in [1.82, 2.24) is 9.88 Å².